The number of fused-ring (bicyclic) bond motifs is 1. The average molecular weight is 439 g/mol. The zero-order chi connectivity index (χ0) is 23.5. The first-order valence-corrected chi connectivity index (χ1v) is 11.1. The van der Waals surface area contributed by atoms with Crippen molar-refractivity contribution in [3.8, 4) is 6.07 Å². The molecule has 0 aliphatic heterocycles. The van der Waals surface area contributed by atoms with Crippen molar-refractivity contribution in [1.29, 1.82) is 5.26 Å². The van der Waals surface area contributed by atoms with Gasteiger partial charge in [-0.25, -0.2) is 9.78 Å². The molecule has 1 amide bonds. The van der Waals surface area contributed by atoms with Crippen molar-refractivity contribution >= 4 is 17.1 Å². The first-order chi connectivity index (χ1) is 15.0. The second kappa shape index (κ2) is 9.11. The fourth-order valence-corrected chi connectivity index (χ4v) is 4.60. The van der Waals surface area contributed by atoms with Gasteiger partial charge >= 0.3 is 6.09 Å². The van der Waals surface area contributed by atoms with E-state index in [2.05, 4.69) is 27.9 Å². The Balaban J connectivity index is 1.73. The molecule has 172 valence electrons. The Morgan fingerprint density at radius 3 is 2.91 bits per heavy atom. The molecule has 8 nitrogen and oxygen atoms in total. The summed E-state index contributed by atoms with van der Waals surface area (Å²) in [5.41, 5.74) is 8.38. The van der Waals surface area contributed by atoms with E-state index in [1.165, 1.54) is 4.90 Å². The van der Waals surface area contributed by atoms with Crippen LogP contribution in [0.25, 0.3) is 11.0 Å². The fourth-order valence-electron chi connectivity index (χ4n) is 4.60. The van der Waals surface area contributed by atoms with Crippen LogP contribution < -0.4 is 11.1 Å². The lowest BCUT2D eigenvalue weighted by Gasteiger charge is -2.40. The highest BCUT2D eigenvalue weighted by Crippen LogP contribution is 2.41. The maximum Gasteiger partial charge on any atom is 0.412 e. The monoisotopic (exact) mass is 438 g/mol. The van der Waals surface area contributed by atoms with Crippen LogP contribution in [-0.4, -0.2) is 37.7 Å². The predicted molar refractivity (Wildman–Crippen MR) is 124 cm³/mol. The van der Waals surface area contributed by atoms with Crippen molar-refractivity contribution in [2.75, 3.05) is 6.54 Å². The van der Waals surface area contributed by atoms with E-state index in [0.717, 1.165) is 43.3 Å². The number of amides is 1. The molecule has 0 radical (unpaired) electrons. The van der Waals surface area contributed by atoms with Crippen LogP contribution in [0.5, 0.6) is 0 Å². The van der Waals surface area contributed by atoms with Crippen LogP contribution in [0.1, 0.15) is 58.9 Å². The number of nitriles is 1. The number of hydrogen-bond donors (Lipinski definition) is 3. The van der Waals surface area contributed by atoms with Crippen LogP contribution in [0.15, 0.2) is 36.5 Å². The second-order valence-electron chi connectivity index (χ2n) is 10.3. The SMILES string of the molecule is CC1(Cn2cnc3ccc(C#N)cc32)CCCC(CN(C(=O)O)/C(N)=C/NC(C)(C)C)C1. The summed E-state index contributed by atoms with van der Waals surface area (Å²) in [6, 6.07) is 7.73. The molecule has 2 unspecified atom stereocenters. The van der Waals surface area contributed by atoms with E-state index in [1.807, 2.05) is 39.2 Å². The normalized spacial score (nSPS) is 21.8. The van der Waals surface area contributed by atoms with Gasteiger partial charge in [0.15, 0.2) is 0 Å². The number of carbonyl (C=O) groups is 1. The summed E-state index contributed by atoms with van der Waals surface area (Å²) >= 11 is 0. The largest absolute Gasteiger partial charge is 0.465 e. The summed E-state index contributed by atoms with van der Waals surface area (Å²) in [6.45, 7) is 9.39. The third kappa shape index (κ3) is 5.72. The molecule has 4 N–H and O–H groups in total. The van der Waals surface area contributed by atoms with Crippen LogP contribution in [-0.2, 0) is 6.54 Å². The number of aromatic nitrogens is 2. The first-order valence-electron chi connectivity index (χ1n) is 11.1. The van der Waals surface area contributed by atoms with Crippen LogP contribution in [0.2, 0.25) is 0 Å². The quantitative estimate of drug-likeness (QED) is 0.621. The zero-order valence-corrected chi connectivity index (χ0v) is 19.4. The number of carboxylic acid groups (broad SMARTS) is 1. The molecule has 2 aromatic rings. The van der Waals surface area contributed by atoms with Gasteiger partial charge in [0.2, 0.25) is 0 Å². The Bertz CT molecular complexity index is 1040. The fraction of sp³-hybridized carbons (Fsp3) is 0.542. The molecule has 0 saturated heterocycles. The minimum absolute atomic E-state index is 0.00546. The Labute approximate surface area is 189 Å². The van der Waals surface area contributed by atoms with Gasteiger partial charge in [-0.05, 0) is 69.6 Å². The molecule has 1 aliphatic carbocycles. The van der Waals surface area contributed by atoms with Gasteiger partial charge in [-0.3, -0.25) is 4.90 Å². The van der Waals surface area contributed by atoms with Crippen molar-refractivity contribution in [2.24, 2.45) is 17.1 Å². The molecule has 0 spiro atoms. The van der Waals surface area contributed by atoms with Crippen LogP contribution in [0.3, 0.4) is 0 Å². The molecule has 0 bridgehead atoms. The van der Waals surface area contributed by atoms with E-state index in [-0.39, 0.29) is 22.7 Å². The van der Waals surface area contributed by atoms with Gasteiger partial charge < -0.3 is 20.7 Å². The Hall–Kier alpha value is -3.21. The van der Waals surface area contributed by atoms with Gasteiger partial charge in [-0.2, -0.15) is 5.26 Å². The summed E-state index contributed by atoms with van der Waals surface area (Å²) in [6.07, 6.45) is 6.35. The average Bonchev–Trinajstić information content (AvgIpc) is 3.10. The molecule has 1 aliphatic rings. The molecule has 3 rings (SSSR count). The van der Waals surface area contributed by atoms with Gasteiger partial charge in [0.1, 0.15) is 5.82 Å². The highest BCUT2D eigenvalue weighted by molar-refractivity contribution is 5.77. The minimum atomic E-state index is -1.04. The lowest BCUT2D eigenvalue weighted by Crippen LogP contribution is -2.42. The van der Waals surface area contributed by atoms with E-state index in [0.29, 0.717) is 12.1 Å². The number of imidazole rings is 1. The summed E-state index contributed by atoms with van der Waals surface area (Å²) in [7, 11) is 0. The first kappa shape index (κ1) is 23.5. The van der Waals surface area contributed by atoms with Gasteiger partial charge in [0.25, 0.3) is 0 Å². The number of nitrogens with zero attached hydrogens (tertiary/aromatic N) is 4. The number of hydrogen-bond acceptors (Lipinski definition) is 5. The molecular weight excluding hydrogens is 404 g/mol. The zero-order valence-electron chi connectivity index (χ0n) is 19.4. The van der Waals surface area contributed by atoms with E-state index < -0.39 is 6.09 Å². The minimum Gasteiger partial charge on any atom is -0.465 e. The Kier molecular flexibility index (Phi) is 6.68. The number of nitrogens with one attached hydrogen (secondary N) is 1. The molecule has 8 heteroatoms. The van der Waals surface area contributed by atoms with Crippen molar-refractivity contribution < 1.29 is 9.90 Å². The summed E-state index contributed by atoms with van der Waals surface area (Å²) in [5, 5.41) is 22.1. The lowest BCUT2D eigenvalue weighted by molar-refractivity contribution is 0.105. The molecule has 1 fully saturated rings. The lowest BCUT2D eigenvalue weighted by atomic mass is 9.70. The van der Waals surface area contributed by atoms with Gasteiger partial charge in [0, 0.05) is 24.8 Å². The molecule has 1 heterocycles. The van der Waals surface area contributed by atoms with Gasteiger partial charge in [-0.1, -0.05) is 13.3 Å². The van der Waals surface area contributed by atoms with Crippen LogP contribution in [0, 0.1) is 22.7 Å². The summed E-state index contributed by atoms with van der Waals surface area (Å²) in [5.74, 6) is 0.431. The van der Waals surface area contributed by atoms with Crippen molar-refractivity contribution in [3.63, 3.8) is 0 Å². The van der Waals surface area contributed by atoms with E-state index >= 15 is 0 Å². The Morgan fingerprint density at radius 2 is 2.25 bits per heavy atom. The number of benzene rings is 1. The molecule has 1 aromatic heterocycles. The molecular formula is C24H34N6O2. The van der Waals surface area contributed by atoms with Crippen molar-refractivity contribution in [2.45, 2.75) is 65.5 Å². The molecule has 32 heavy (non-hydrogen) atoms. The topological polar surface area (TPSA) is 120 Å². The van der Waals surface area contributed by atoms with E-state index in [9.17, 15) is 15.2 Å². The summed E-state index contributed by atoms with van der Waals surface area (Å²) in [4.78, 5) is 17.6. The van der Waals surface area contributed by atoms with E-state index in [4.69, 9.17) is 5.73 Å². The smallest absolute Gasteiger partial charge is 0.412 e. The number of rotatable bonds is 6. The molecule has 2 atom stereocenters. The van der Waals surface area contributed by atoms with E-state index in [1.54, 1.807) is 12.3 Å². The third-order valence-corrected chi connectivity index (χ3v) is 6.11. The van der Waals surface area contributed by atoms with Gasteiger partial charge in [0.05, 0.1) is 29.0 Å². The van der Waals surface area contributed by atoms with Crippen LogP contribution in [0.4, 0.5) is 4.79 Å². The van der Waals surface area contributed by atoms with Crippen LogP contribution >= 0.6 is 0 Å². The highest BCUT2D eigenvalue weighted by atomic mass is 16.4. The summed E-state index contributed by atoms with van der Waals surface area (Å²) < 4.78 is 2.12. The maximum absolute atomic E-state index is 11.9. The Morgan fingerprint density at radius 1 is 1.50 bits per heavy atom. The standard InChI is InChI=1S/C24H34N6O2/c1-23(2,3)28-13-21(26)30(22(31)32)14-18-6-5-9-24(4,11-18)15-29-16-27-19-8-7-17(12-25)10-20(19)29/h7-8,10,13,16,18,28H,5-6,9,11,14-15,26H2,1-4H3,(H,31,32)/b21-13+. The number of nitrogens with two attached hydrogens (primary N) is 1. The van der Waals surface area contributed by atoms with Gasteiger partial charge in [-0.15, -0.1) is 0 Å². The second-order valence-corrected chi connectivity index (χ2v) is 10.3. The predicted octanol–water partition coefficient (Wildman–Crippen LogP) is 4.23. The highest BCUT2D eigenvalue weighted by Gasteiger charge is 2.34. The molecule has 1 aromatic carbocycles. The van der Waals surface area contributed by atoms with Crippen molar-refractivity contribution in [3.05, 3.63) is 42.1 Å². The third-order valence-electron chi connectivity index (χ3n) is 6.11. The van der Waals surface area contributed by atoms with Crippen molar-refractivity contribution in [1.82, 2.24) is 19.8 Å². The molecule has 1 saturated carbocycles. The maximum atomic E-state index is 11.9.